The van der Waals surface area contributed by atoms with Crippen LogP contribution in [0.25, 0.3) is 0 Å². The van der Waals surface area contributed by atoms with E-state index < -0.39 is 0 Å². The number of rotatable bonds is 3. The van der Waals surface area contributed by atoms with Crippen LogP contribution in [0.15, 0.2) is 54.9 Å². The maximum absolute atomic E-state index is 2.34. The molecule has 0 spiro atoms. The van der Waals surface area contributed by atoms with Gasteiger partial charge in [0.05, 0.1) is 6.67 Å². The standard InChI is InChI=1S/C19H22N2.ClH/c1-15-11-16(2)19(17(3)12-15)21-10-9-20(14-21)13-18-7-5-4-6-8-18;/h4-12H,13-14H2,1-3H3;1H. The van der Waals surface area contributed by atoms with Gasteiger partial charge in [0.25, 0.3) is 0 Å². The number of anilines is 1. The molecule has 0 unspecified atom stereocenters. The molecule has 2 nitrogen and oxygen atoms in total. The van der Waals surface area contributed by atoms with Crippen LogP contribution >= 0.6 is 12.4 Å². The molecule has 0 bridgehead atoms. The molecule has 0 saturated heterocycles. The summed E-state index contributed by atoms with van der Waals surface area (Å²) in [6, 6.07) is 15.1. The van der Waals surface area contributed by atoms with Crippen molar-refractivity contribution in [3.05, 3.63) is 77.1 Å². The molecule has 0 aromatic heterocycles. The third-order valence-electron chi connectivity index (χ3n) is 3.94. The lowest BCUT2D eigenvalue weighted by Crippen LogP contribution is -2.25. The molecule has 2 aromatic rings. The average molecular weight is 315 g/mol. The maximum Gasteiger partial charge on any atom is 0.0945 e. The van der Waals surface area contributed by atoms with Crippen molar-refractivity contribution in [1.82, 2.24) is 4.90 Å². The monoisotopic (exact) mass is 314 g/mol. The Hall–Kier alpha value is -1.93. The highest BCUT2D eigenvalue weighted by atomic mass is 35.5. The molecule has 1 heterocycles. The molecule has 0 atom stereocenters. The Balaban J connectivity index is 0.00000176. The second-order valence-electron chi connectivity index (χ2n) is 5.89. The van der Waals surface area contributed by atoms with E-state index in [1.54, 1.807) is 0 Å². The lowest BCUT2D eigenvalue weighted by molar-refractivity contribution is 0.400. The Morgan fingerprint density at radius 1 is 0.909 bits per heavy atom. The minimum atomic E-state index is 0. The van der Waals surface area contributed by atoms with E-state index >= 15 is 0 Å². The van der Waals surface area contributed by atoms with Crippen molar-refractivity contribution >= 4 is 18.1 Å². The summed E-state index contributed by atoms with van der Waals surface area (Å²) in [5.74, 6) is 0. The Morgan fingerprint density at radius 3 is 2.18 bits per heavy atom. The predicted octanol–water partition coefficient (Wildman–Crippen LogP) is 4.78. The first-order valence-corrected chi connectivity index (χ1v) is 7.44. The van der Waals surface area contributed by atoms with Crippen molar-refractivity contribution in [2.45, 2.75) is 27.3 Å². The summed E-state index contributed by atoms with van der Waals surface area (Å²) >= 11 is 0. The fourth-order valence-corrected chi connectivity index (χ4v) is 3.16. The molecule has 1 aliphatic heterocycles. The molecule has 116 valence electrons. The van der Waals surface area contributed by atoms with Crippen molar-refractivity contribution in [1.29, 1.82) is 0 Å². The lowest BCUT2D eigenvalue weighted by atomic mass is 10.0. The van der Waals surface area contributed by atoms with Gasteiger partial charge in [-0.05, 0) is 37.5 Å². The number of nitrogens with zero attached hydrogens (tertiary/aromatic N) is 2. The summed E-state index contributed by atoms with van der Waals surface area (Å²) in [5.41, 5.74) is 6.71. The second-order valence-corrected chi connectivity index (χ2v) is 5.89. The highest BCUT2D eigenvalue weighted by molar-refractivity contribution is 5.85. The number of benzene rings is 2. The van der Waals surface area contributed by atoms with Gasteiger partial charge in [-0.3, -0.25) is 0 Å². The highest BCUT2D eigenvalue weighted by Gasteiger charge is 2.17. The largest absolute Gasteiger partial charge is 0.354 e. The van der Waals surface area contributed by atoms with Gasteiger partial charge in [0.1, 0.15) is 0 Å². The van der Waals surface area contributed by atoms with Gasteiger partial charge in [-0.25, -0.2) is 0 Å². The van der Waals surface area contributed by atoms with Gasteiger partial charge in [-0.15, -0.1) is 12.4 Å². The van der Waals surface area contributed by atoms with Crippen molar-refractivity contribution < 1.29 is 0 Å². The van der Waals surface area contributed by atoms with Crippen LogP contribution in [0.4, 0.5) is 5.69 Å². The van der Waals surface area contributed by atoms with Crippen LogP contribution in [0.3, 0.4) is 0 Å². The van der Waals surface area contributed by atoms with Gasteiger partial charge >= 0.3 is 0 Å². The fraction of sp³-hybridized carbons (Fsp3) is 0.263. The summed E-state index contributed by atoms with van der Waals surface area (Å²) in [6.45, 7) is 8.43. The molecular formula is C19H23ClN2. The Labute approximate surface area is 139 Å². The smallest absolute Gasteiger partial charge is 0.0945 e. The number of hydrogen-bond acceptors (Lipinski definition) is 2. The van der Waals surface area contributed by atoms with Gasteiger partial charge in [0.2, 0.25) is 0 Å². The second kappa shape index (κ2) is 6.89. The molecule has 3 heteroatoms. The molecule has 0 radical (unpaired) electrons. The molecule has 0 saturated carbocycles. The average Bonchev–Trinajstić information content (AvgIpc) is 2.87. The number of halogens is 1. The van der Waals surface area contributed by atoms with Crippen molar-refractivity contribution in [2.75, 3.05) is 11.6 Å². The van der Waals surface area contributed by atoms with E-state index in [-0.39, 0.29) is 12.4 Å². The zero-order valence-corrected chi connectivity index (χ0v) is 14.2. The van der Waals surface area contributed by atoms with Gasteiger partial charge in [0.15, 0.2) is 0 Å². The highest BCUT2D eigenvalue weighted by Crippen LogP contribution is 2.29. The first-order chi connectivity index (χ1) is 10.1. The van der Waals surface area contributed by atoms with Crippen LogP contribution in [-0.2, 0) is 6.54 Å². The predicted molar refractivity (Wildman–Crippen MR) is 96.4 cm³/mol. The molecular weight excluding hydrogens is 292 g/mol. The van der Waals surface area contributed by atoms with E-state index in [1.165, 1.54) is 27.9 Å². The molecule has 2 aromatic carbocycles. The summed E-state index contributed by atoms with van der Waals surface area (Å²) in [5, 5.41) is 0. The Morgan fingerprint density at radius 2 is 1.55 bits per heavy atom. The third-order valence-corrected chi connectivity index (χ3v) is 3.94. The summed E-state index contributed by atoms with van der Waals surface area (Å²) in [4.78, 5) is 4.68. The SMILES string of the molecule is Cc1cc(C)c(N2C=CN(Cc3ccccc3)C2)c(C)c1.Cl. The molecule has 0 amide bonds. The zero-order chi connectivity index (χ0) is 14.8. The van der Waals surface area contributed by atoms with Crippen molar-refractivity contribution in [2.24, 2.45) is 0 Å². The molecule has 0 fully saturated rings. The van der Waals surface area contributed by atoms with E-state index in [0.717, 1.165) is 13.2 Å². The fourth-order valence-electron chi connectivity index (χ4n) is 3.16. The van der Waals surface area contributed by atoms with Crippen molar-refractivity contribution in [3.8, 4) is 0 Å². The van der Waals surface area contributed by atoms with Crippen LogP contribution in [0.5, 0.6) is 0 Å². The van der Waals surface area contributed by atoms with Gasteiger partial charge in [-0.1, -0.05) is 48.0 Å². The molecule has 22 heavy (non-hydrogen) atoms. The minimum absolute atomic E-state index is 0. The normalized spacial score (nSPS) is 13.4. The van der Waals surface area contributed by atoms with Gasteiger partial charge in [-0.2, -0.15) is 0 Å². The first-order valence-electron chi connectivity index (χ1n) is 7.44. The number of aryl methyl sites for hydroxylation is 3. The van der Waals surface area contributed by atoms with E-state index in [4.69, 9.17) is 0 Å². The van der Waals surface area contributed by atoms with Crippen LogP contribution in [0.2, 0.25) is 0 Å². The third kappa shape index (κ3) is 3.45. The van der Waals surface area contributed by atoms with Crippen LogP contribution < -0.4 is 4.90 Å². The first kappa shape index (κ1) is 16.4. The van der Waals surface area contributed by atoms with Crippen molar-refractivity contribution in [3.63, 3.8) is 0 Å². The zero-order valence-electron chi connectivity index (χ0n) is 13.4. The van der Waals surface area contributed by atoms with Crippen LogP contribution in [0.1, 0.15) is 22.3 Å². The minimum Gasteiger partial charge on any atom is -0.354 e. The van der Waals surface area contributed by atoms with E-state index in [0.29, 0.717) is 0 Å². The topological polar surface area (TPSA) is 6.48 Å². The molecule has 0 N–H and O–H groups in total. The Bertz CT molecular complexity index is 641. The molecule has 3 rings (SSSR count). The Kier molecular flexibility index (Phi) is 5.15. The molecule has 0 aliphatic carbocycles. The summed E-state index contributed by atoms with van der Waals surface area (Å²) < 4.78 is 0. The quantitative estimate of drug-likeness (QED) is 0.804. The molecule has 1 aliphatic rings. The van der Waals surface area contributed by atoms with E-state index in [2.05, 4.69) is 85.4 Å². The van der Waals surface area contributed by atoms with Gasteiger partial charge in [0, 0.05) is 24.6 Å². The number of hydrogen-bond donors (Lipinski definition) is 0. The van der Waals surface area contributed by atoms with E-state index in [1.807, 2.05) is 0 Å². The summed E-state index contributed by atoms with van der Waals surface area (Å²) in [7, 11) is 0. The lowest BCUT2D eigenvalue weighted by Gasteiger charge is -2.24. The maximum atomic E-state index is 2.34. The van der Waals surface area contributed by atoms with Crippen LogP contribution in [-0.4, -0.2) is 11.6 Å². The van der Waals surface area contributed by atoms with Gasteiger partial charge < -0.3 is 9.80 Å². The van der Waals surface area contributed by atoms with E-state index in [9.17, 15) is 0 Å². The van der Waals surface area contributed by atoms with Crippen LogP contribution in [0, 0.1) is 20.8 Å². The summed E-state index contributed by atoms with van der Waals surface area (Å²) in [6.07, 6.45) is 4.37.